The Bertz CT molecular complexity index is 1060. The van der Waals surface area contributed by atoms with Gasteiger partial charge in [-0.25, -0.2) is 9.78 Å². The largest absolute Gasteiger partial charge is 0.422 e. The molecule has 0 saturated heterocycles. The fourth-order valence-electron chi connectivity index (χ4n) is 3.11. The number of pyridine rings is 1. The molecule has 4 rings (SSSR count). The highest BCUT2D eigenvalue weighted by Crippen LogP contribution is 2.29. The zero-order chi connectivity index (χ0) is 15.1. The van der Waals surface area contributed by atoms with E-state index in [0.717, 1.165) is 40.2 Å². The number of aryl methyl sites for hydroxylation is 1. The molecule has 108 valence electrons. The molecule has 0 radical (unpaired) electrons. The molecule has 4 aromatic rings. The second-order valence-electron chi connectivity index (χ2n) is 5.47. The molecule has 0 atom stereocenters. The van der Waals surface area contributed by atoms with E-state index in [9.17, 15) is 4.79 Å². The molecule has 2 aromatic heterocycles. The van der Waals surface area contributed by atoms with E-state index >= 15 is 0 Å². The molecule has 0 saturated carbocycles. The van der Waals surface area contributed by atoms with E-state index in [4.69, 9.17) is 9.40 Å². The van der Waals surface area contributed by atoms with Crippen molar-refractivity contribution in [1.82, 2.24) is 4.98 Å². The van der Waals surface area contributed by atoms with Crippen LogP contribution in [0.2, 0.25) is 0 Å². The van der Waals surface area contributed by atoms with E-state index in [2.05, 4.69) is 6.92 Å². The molecule has 22 heavy (non-hydrogen) atoms. The van der Waals surface area contributed by atoms with Crippen LogP contribution >= 0.6 is 0 Å². The fraction of sp³-hybridized carbons (Fsp3) is 0.158. The van der Waals surface area contributed by atoms with Crippen LogP contribution in [0.15, 0.2) is 57.7 Å². The third-order valence-electron chi connectivity index (χ3n) is 4.05. The van der Waals surface area contributed by atoms with Gasteiger partial charge in [-0.1, -0.05) is 43.7 Å². The van der Waals surface area contributed by atoms with Crippen molar-refractivity contribution < 1.29 is 4.42 Å². The van der Waals surface area contributed by atoms with Crippen LogP contribution in [0, 0.1) is 0 Å². The second-order valence-corrected chi connectivity index (χ2v) is 5.47. The zero-order valence-corrected chi connectivity index (χ0v) is 12.3. The van der Waals surface area contributed by atoms with Gasteiger partial charge in [0.05, 0.1) is 16.4 Å². The van der Waals surface area contributed by atoms with Crippen LogP contribution in [-0.2, 0) is 6.42 Å². The molecule has 0 aliphatic heterocycles. The Hall–Kier alpha value is -2.68. The first-order chi connectivity index (χ1) is 10.8. The molecule has 0 amide bonds. The topological polar surface area (TPSA) is 43.1 Å². The summed E-state index contributed by atoms with van der Waals surface area (Å²) in [6, 6.07) is 15.6. The van der Waals surface area contributed by atoms with Crippen molar-refractivity contribution >= 4 is 32.8 Å². The van der Waals surface area contributed by atoms with Crippen LogP contribution in [0.3, 0.4) is 0 Å². The van der Waals surface area contributed by atoms with Gasteiger partial charge in [-0.15, -0.1) is 0 Å². The lowest BCUT2D eigenvalue weighted by atomic mass is 9.99. The van der Waals surface area contributed by atoms with Crippen molar-refractivity contribution in [3.8, 4) is 0 Å². The zero-order valence-electron chi connectivity index (χ0n) is 12.3. The van der Waals surface area contributed by atoms with Gasteiger partial charge in [-0.05, 0) is 30.2 Å². The number of hydrogen-bond donors (Lipinski definition) is 0. The van der Waals surface area contributed by atoms with Crippen LogP contribution in [-0.4, -0.2) is 4.98 Å². The molecule has 3 heteroatoms. The highest BCUT2D eigenvalue weighted by molar-refractivity contribution is 6.07. The third kappa shape index (κ3) is 1.82. The average Bonchev–Trinajstić information content (AvgIpc) is 2.55. The SMILES string of the molecule is CCCc1c2ccccc2nc2c1c(=O)oc1ccccc12. The Morgan fingerprint density at radius 3 is 2.55 bits per heavy atom. The van der Waals surface area contributed by atoms with Crippen molar-refractivity contribution in [3.63, 3.8) is 0 Å². The summed E-state index contributed by atoms with van der Waals surface area (Å²) in [5.41, 5.74) is 3.01. The molecule has 0 fully saturated rings. The van der Waals surface area contributed by atoms with Gasteiger partial charge in [0.2, 0.25) is 0 Å². The van der Waals surface area contributed by atoms with Crippen molar-refractivity contribution in [3.05, 3.63) is 64.5 Å². The number of aromatic nitrogens is 1. The van der Waals surface area contributed by atoms with Gasteiger partial charge >= 0.3 is 5.63 Å². The maximum absolute atomic E-state index is 12.5. The predicted molar refractivity (Wildman–Crippen MR) is 89.3 cm³/mol. The lowest BCUT2D eigenvalue weighted by Gasteiger charge is -2.10. The van der Waals surface area contributed by atoms with E-state index in [1.165, 1.54) is 0 Å². The first-order valence-corrected chi connectivity index (χ1v) is 7.52. The number of fused-ring (bicyclic) bond motifs is 4. The van der Waals surface area contributed by atoms with Gasteiger partial charge in [0.15, 0.2) is 0 Å². The summed E-state index contributed by atoms with van der Waals surface area (Å²) in [5.74, 6) is 0. The minimum absolute atomic E-state index is 0.296. The number of nitrogens with zero attached hydrogens (tertiary/aromatic N) is 1. The highest BCUT2D eigenvalue weighted by Gasteiger charge is 2.15. The van der Waals surface area contributed by atoms with Crippen LogP contribution in [0.5, 0.6) is 0 Å². The molecule has 0 spiro atoms. The first-order valence-electron chi connectivity index (χ1n) is 7.52. The summed E-state index contributed by atoms with van der Waals surface area (Å²) in [7, 11) is 0. The second kappa shape index (κ2) is 4.95. The third-order valence-corrected chi connectivity index (χ3v) is 4.05. The number of rotatable bonds is 2. The Labute approximate surface area is 127 Å². The van der Waals surface area contributed by atoms with E-state index in [0.29, 0.717) is 11.0 Å². The lowest BCUT2D eigenvalue weighted by molar-refractivity contribution is 0.569. The molecular weight excluding hydrogens is 274 g/mol. The highest BCUT2D eigenvalue weighted by atomic mass is 16.4. The minimum Gasteiger partial charge on any atom is -0.422 e. The molecule has 2 aromatic carbocycles. The van der Waals surface area contributed by atoms with E-state index in [-0.39, 0.29) is 5.63 Å². The lowest BCUT2D eigenvalue weighted by Crippen LogP contribution is -2.06. The van der Waals surface area contributed by atoms with Crippen LogP contribution in [0.1, 0.15) is 18.9 Å². The first kappa shape index (κ1) is 13.0. The minimum atomic E-state index is -0.296. The molecule has 2 heterocycles. The maximum Gasteiger partial charge on any atom is 0.346 e. The van der Waals surface area contributed by atoms with Crippen molar-refractivity contribution in [2.24, 2.45) is 0 Å². The van der Waals surface area contributed by atoms with Gasteiger partial charge in [-0.3, -0.25) is 0 Å². The summed E-state index contributed by atoms with van der Waals surface area (Å²) in [6.45, 7) is 2.11. The standard InChI is InChI=1S/C19H15NO2/c1-2-7-13-12-8-3-5-10-15(12)20-18-14-9-4-6-11-16(14)22-19(21)17(13)18/h3-6,8-11H,2,7H2,1H3. The number of para-hydroxylation sites is 2. The number of hydrogen-bond acceptors (Lipinski definition) is 3. The van der Waals surface area contributed by atoms with E-state index < -0.39 is 0 Å². The van der Waals surface area contributed by atoms with Crippen molar-refractivity contribution in [1.29, 1.82) is 0 Å². The van der Waals surface area contributed by atoms with Crippen LogP contribution < -0.4 is 5.63 Å². The van der Waals surface area contributed by atoms with Gasteiger partial charge in [0.1, 0.15) is 5.58 Å². The van der Waals surface area contributed by atoms with E-state index in [1.807, 2.05) is 48.5 Å². The summed E-state index contributed by atoms with van der Waals surface area (Å²) in [5, 5.41) is 2.55. The van der Waals surface area contributed by atoms with Gasteiger partial charge in [-0.2, -0.15) is 0 Å². The Kier molecular flexibility index (Phi) is 2.93. The number of benzene rings is 2. The Morgan fingerprint density at radius 2 is 1.73 bits per heavy atom. The average molecular weight is 289 g/mol. The van der Waals surface area contributed by atoms with Crippen LogP contribution in [0.25, 0.3) is 32.8 Å². The Morgan fingerprint density at radius 1 is 1.00 bits per heavy atom. The van der Waals surface area contributed by atoms with Crippen molar-refractivity contribution in [2.45, 2.75) is 19.8 Å². The van der Waals surface area contributed by atoms with E-state index in [1.54, 1.807) is 0 Å². The van der Waals surface area contributed by atoms with Crippen LogP contribution in [0.4, 0.5) is 0 Å². The Balaban J connectivity index is 2.32. The van der Waals surface area contributed by atoms with Crippen molar-refractivity contribution in [2.75, 3.05) is 0 Å². The monoisotopic (exact) mass is 289 g/mol. The molecule has 0 aliphatic rings. The summed E-state index contributed by atoms with van der Waals surface area (Å²) in [6.07, 6.45) is 1.80. The maximum atomic E-state index is 12.5. The molecule has 0 N–H and O–H groups in total. The van der Waals surface area contributed by atoms with Gasteiger partial charge in [0.25, 0.3) is 0 Å². The summed E-state index contributed by atoms with van der Waals surface area (Å²) >= 11 is 0. The normalized spacial score (nSPS) is 11.5. The molecule has 0 unspecified atom stereocenters. The van der Waals surface area contributed by atoms with Gasteiger partial charge in [0, 0.05) is 10.8 Å². The molecule has 0 aliphatic carbocycles. The predicted octanol–water partition coefficient (Wildman–Crippen LogP) is 4.45. The molecule has 3 nitrogen and oxygen atoms in total. The quantitative estimate of drug-likeness (QED) is 0.311. The molecular formula is C19H15NO2. The smallest absolute Gasteiger partial charge is 0.346 e. The fourth-order valence-corrected chi connectivity index (χ4v) is 3.11. The summed E-state index contributed by atoms with van der Waals surface area (Å²) in [4.78, 5) is 17.3. The van der Waals surface area contributed by atoms with Gasteiger partial charge < -0.3 is 4.42 Å². The molecule has 0 bridgehead atoms. The summed E-state index contributed by atoms with van der Waals surface area (Å²) < 4.78 is 5.52.